The molecule has 1 aromatic heterocycles. The number of benzene rings is 2. The summed E-state index contributed by atoms with van der Waals surface area (Å²) in [7, 11) is 0. The molecular weight excluding hydrogens is 512 g/mol. The molecule has 1 saturated carbocycles. The van der Waals surface area contributed by atoms with Gasteiger partial charge in [0, 0.05) is 16.0 Å². The number of halogens is 2. The summed E-state index contributed by atoms with van der Waals surface area (Å²) in [6, 6.07) is 12.0. The summed E-state index contributed by atoms with van der Waals surface area (Å²) < 4.78 is 18.9. The highest BCUT2D eigenvalue weighted by atomic mass is 79.9. The normalized spacial score (nSPS) is 18.2. The number of carboxylic acids is 1. The lowest BCUT2D eigenvalue weighted by atomic mass is 9.82. The van der Waals surface area contributed by atoms with E-state index >= 15 is 0 Å². The van der Waals surface area contributed by atoms with Crippen LogP contribution >= 0.6 is 27.5 Å². The molecule has 1 aliphatic rings. The first-order chi connectivity index (χ1) is 15.6. The van der Waals surface area contributed by atoms with Crippen molar-refractivity contribution >= 4 is 44.5 Å². The molecule has 33 heavy (non-hydrogen) atoms. The largest absolute Gasteiger partial charge is 0.492 e. The van der Waals surface area contributed by atoms with Crippen molar-refractivity contribution in [3.05, 3.63) is 62.2 Å². The van der Waals surface area contributed by atoms with Crippen LogP contribution in [-0.2, 0) is 9.53 Å². The standard InChI is InChI=1S/C25H24BrClO6/c1-25(2,12-31-16-8-14(9-16)24(29)30)13-32-21-10-15(26)6-7-18(21)22-11-20(28)17-4-3-5-19(27)23(17)33-22/h3-7,10-11,14,16H,8-9,12-13H2,1-2H3,(H,29,30)/t14-,16-. The van der Waals surface area contributed by atoms with Gasteiger partial charge >= 0.3 is 5.97 Å². The van der Waals surface area contributed by atoms with Gasteiger partial charge < -0.3 is 19.0 Å². The number of rotatable bonds is 8. The molecule has 0 spiro atoms. The minimum atomic E-state index is -0.763. The van der Waals surface area contributed by atoms with Crippen LogP contribution in [0.1, 0.15) is 26.7 Å². The van der Waals surface area contributed by atoms with Gasteiger partial charge in [0.05, 0.1) is 41.2 Å². The summed E-state index contributed by atoms with van der Waals surface area (Å²) in [5.41, 5.74) is 0.472. The van der Waals surface area contributed by atoms with Crippen molar-refractivity contribution in [2.45, 2.75) is 32.8 Å². The van der Waals surface area contributed by atoms with Crippen molar-refractivity contribution in [2.24, 2.45) is 11.3 Å². The lowest BCUT2D eigenvalue weighted by Gasteiger charge is -2.35. The van der Waals surface area contributed by atoms with E-state index in [1.165, 1.54) is 6.07 Å². The molecular formula is C25H24BrClO6. The second-order valence-corrected chi connectivity index (χ2v) is 10.4. The summed E-state index contributed by atoms with van der Waals surface area (Å²) in [4.78, 5) is 23.6. The van der Waals surface area contributed by atoms with Crippen LogP contribution < -0.4 is 10.2 Å². The molecule has 4 rings (SSSR count). The van der Waals surface area contributed by atoms with Gasteiger partial charge in [0.2, 0.25) is 0 Å². The third-order valence-electron chi connectivity index (χ3n) is 5.69. The number of carbonyl (C=O) groups is 1. The Bertz CT molecular complexity index is 1250. The minimum absolute atomic E-state index is 0.0246. The number of para-hydroxylation sites is 1. The Kier molecular flexibility index (Phi) is 6.84. The molecule has 0 unspecified atom stereocenters. The van der Waals surface area contributed by atoms with Crippen molar-refractivity contribution in [1.82, 2.24) is 0 Å². The zero-order valence-electron chi connectivity index (χ0n) is 18.3. The van der Waals surface area contributed by atoms with Crippen molar-refractivity contribution in [3.63, 3.8) is 0 Å². The van der Waals surface area contributed by atoms with Gasteiger partial charge in [-0.15, -0.1) is 0 Å². The van der Waals surface area contributed by atoms with Crippen LogP contribution in [0.25, 0.3) is 22.3 Å². The van der Waals surface area contributed by atoms with E-state index in [1.54, 1.807) is 18.2 Å². The van der Waals surface area contributed by atoms with Gasteiger partial charge in [0.15, 0.2) is 11.0 Å². The fourth-order valence-electron chi connectivity index (χ4n) is 3.66. The molecule has 6 nitrogen and oxygen atoms in total. The van der Waals surface area contributed by atoms with Crippen LogP contribution in [0.5, 0.6) is 5.75 Å². The molecule has 0 amide bonds. The van der Waals surface area contributed by atoms with Gasteiger partial charge in [-0.2, -0.15) is 0 Å². The first kappa shape index (κ1) is 23.8. The lowest BCUT2D eigenvalue weighted by Crippen LogP contribution is -2.39. The van der Waals surface area contributed by atoms with E-state index in [4.69, 9.17) is 30.6 Å². The van der Waals surface area contributed by atoms with E-state index in [2.05, 4.69) is 15.9 Å². The molecule has 1 aliphatic carbocycles. The molecule has 0 radical (unpaired) electrons. The highest BCUT2D eigenvalue weighted by Crippen LogP contribution is 2.36. The number of hydrogen-bond acceptors (Lipinski definition) is 5. The average Bonchev–Trinajstić information content (AvgIpc) is 2.71. The van der Waals surface area contributed by atoms with Crippen LogP contribution in [0.2, 0.25) is 5.02 Å². The molecule has 1 N–H and O–H groups in total. The number of carboxylic acid groups (broad SMARTS) is 1. The van der Waals surface area contributed by atoms with Crippen molar-refractivity contribution in [2.75, 3.05) is 13.2 Å². The van der Waals surface area contributed by atoms with Crippen molar-refractivity contribution in [1.29, 1.82) is 0 Å². The zero-order chi connectivity index (χ0) is 23.8. The Morgan fingerprint density at radius 3 is 2.70 bits per heavy atom. The lowest BCUT2D eigenvalue weighted by molar-refractivity contribution is -0.152. The Morgan fingerprint density at radius 1 is 1.21 bits per heavy atom. The van der Waals surface area contributed by atoms with Gasteiger partial charge in [0.1, 0.15) is 11.5 Å². The second-order valence-electron chi connectivity index (χ2n) is 9.12. The predicted octanol–water partition coefficient (Wildman–Crippen LogP) is 6.16. The highest BCUT2D eigenvalue weighted by Gasteiger charge is 2.36. The molecule has 0 aliphatic heterocycles. The predicted molar refractivity (Wildman–Crippen MR) is 130 cm³/mol. The molecule has 8 heteroatoms. The number of fused-ring (bicyclic) bond motifs is 1. The van der Waals surface area contributed by atoms with Crippen LogP contribution in [0.4, 0.5) is 0 Å². The molecule has 2 aromatic carbocycles. The first-order valence-corrected chi connectivity index (χ1v) is 11.8. The van der Waals surface area contributed by atoms with Crippen LogP contribution in [0.3, 0.4) is 0 Å². The Labute approximate surface area is 204 Å². The molecule has 3 aromatic rings. The Morgan fingerprint density at radius 2 is 1.97 bits per heavy atom. The third kappa shape index (κ3) is 5.42. The average molecular weight is 536 g/mol. The summed E-state index contributed by atoms with van der Waals surface area (Å²) in [6.07, 6.45) is 1.07. The quantitative estimate of drug-likeness (QED) is 0.372. The van der Waals surface area contributed by atoms with E-state index in [-0.39, 0.29) is 22.9 Å². The number of aliphatic carboxylic acids is 1. The summed E-state index contributed by atoms with van der Waals surface area (Å²) in [6.45, 7) is 4.83. The molecule has 0 atom stereocenters. The Balaban J connectivity index is 1.51. The van der Waals surface area contributed by atoms with E-state index in [0.29, 0.717) is 59.1 Å². The fourth-order valence-corrected chi connectivity index (χ4v) is 4.21. The monoisotopic (exact) mass is 534 g/mol. The van der Waals surface area contributed by atoms with Gasteiger partial charge in [-0.3, -0.25) is 9.59 Å². The topological polar surface area (TPSA) is 86.0 Å². The fraction of sp³-hybridized carbons (Fsp3) is 0.360. The SMILES string of the molecule is CC(C)(COc1cc(Br)ccc1-c1cc(=O)c2cccc(Cl)c2o1)CO[C@H]1C[C@H](C(=O)O)C1. The Hall–Kier alpha value is -2.35. The van der Waals surface area contributed by atoms with Crippen LogP contribution in [-0.4, -0.2) is 30.4 Å². The highest BCUT2D eigenvalue weighted by molar-refractivity contribution is 9.10. The van der Waals surface area contributed by atoms with Crippen LogP contribution in [0.15, 0.2) is 56.1 Å². The molecule has 1 heterocycles. The van der Waals surface area contributed by atoms with Crippen molar-refractivity contribution in [3.8, 4) is 17.1 Å². The second kappa shape index (κ2) is 9.49. The van der Waals surface area contributed by atoms with E-state index in [1.807, 2.05) is 32.0 Å². The molecule has 1 fully saturated rings. The smallest absolute Gasteiger partial charge is 0.306 e. The van der Waals surface area contributed by atoms with Gasteiger partial charge in [0.25, 0.3) is 0 Å². The van der Waals surface area contributed by atoms with Crippen LogP contribution in [0, 0.1) is 11.3 Å². The maximum absolute atomic E-state index is 12.6. The van der Waals surface area contributed by atoms with E-state index in [0.717, 1.165) is 4.47 Å². The summed E-state index contributed by atoms with van der Waals surface area (Å²) >= 11 is 9.73. The van der Waals surface area contributed by atoms with E-state index in [9.17, 15) is 9.59 Å². The van der Waals surface area contributed by atoms with Gasteiger partial charge in [-0.1, -0.05) is 47.4 Å². The first-order valence-electron chi connectivity index (χ1n) is 10.6. The molecule has 0 bridgehead atoms. The summed E-state index contributed by atoms with van der Waals surface area (Å²) in [5.74, 6) is -0.141. The molecule has 0 saturated heterocycles. The van der Waals surface area contributed by atoms with Gasteiger partial charge in [-0.25, -0.2) is 0 Å². The zero-order valence-corrected chi connectivity index (χ0v) is 20.6. The third-order valence-corrected chi connectivity index (χ3v) is 6.48. The maximum atomic E-state index is 12.6. The van der Waals surface area contributed by atoms with Gasteiger partial charge in [-0.05, 0) is 43.2 Å². The number of ether oxygens (including phenoxy) is 2. The maximum Gasteiger partial charge on any atom is 0.306 e. The minimum Gasteiger partial charge on any atom is -0.492 e. The number of hydrogen-bond donors (Lipinski definition) is 1. The van der Waals surface area contributed by atoms with E-state index < -0.39 is 5.97 Å². The summed E-state index contributed by atoms with van der Waals surface area (Å²) in [5, 5.41) is 9.80. The van der Waals surface area contributed by atoms with Crippen molar-refractivity contribution < 1.29 is 23.8 Å². The molecule has 174 valence electrons.